The van der Waals surface area contributed by atoms with Crippen LogP contribution in [0.1, 0.15) is 12.8 Å². The van der Waals surface area contributed by atoms with Crippen LogP contribution < -0.4 is 10.9 Å². The van der Waals surface area contributed by atoms with Gasteiger partial charge in [0.15, 0.2) is 0 Å². The molecule has 1 amide bonds. The predicted octanol–water partition coefficient (Wildman–Crippen LogP) is -1.53. The molecule has 15 heavy (non-hydrogen) atoms. The molecule has 0 aromatic heterocycles. The normalized spacial score (nSPS) is 22.4. The monoisotopic (exact) mass is 235 g/mol. The highest BCUT2D eigenvalue weighted by atomic mass is 32.2. The van der Waals surface area contributed by atoms with Crippen LogP contribution in [0, 0.1) is 5.92 Å². The Morgan fingerprint density at radius 1 is 1.47 bits per heavy atom. The van der Waals surface area contributed by atoms with Gasteiger partial charge in [-0.3, -0.25) is 4.79 Å². The fourth-order valence-electron chi connectivity index (χ4n) is 1.79. The van der Waals surface area contributed by atoms with Gasteiger partial charge in [-0.05, 0) is 13.0 Å². The van der Waals surface area contributed by atoms with E-state index < -0.39 is 10.0 Å². The summed E-state index contributed by atoms with van der Waals surface area (Å²) in [6, 6.07) is 0. The van der Waals surface area contributed by atoms with Crippen molar-refractivity contribution in [3.63, 3.8) is 0 Å². The largest absolute Gasteiger partial charge is 0.342 e. The third-order valence-corrected chi connectivity index (χ3v) is 3.33. The average molecular weight is 235 g/mol. The molecule has 0 aliphatic carbocycles. The molecule has 7 heteroatoms. The second-order valence-electron chi connectivity index (χ2n) is 3.88. The highest BCUT2D eigenvalue weighted by Gasteiger charge is 2.31. The van der Waals surface area contributed by atoms with Crippen molar-refractivity contribution in [3.05, 3.63) is 0 Å². The van der Waals surface area contributed by atoms with Gasteiger partial charge < -0.3 is 10.6 Å². The molecular weight excluding hydrogens is 218 g/mol. The third-order valence-electron chi connectivity index (χ3n) is 2.39. The fraction of sp³-hybridized carbons (Fsp3) is 0.875. The predicted molar refractivity (Wildman–Crippen MR) is 56.3 cm³/mol. The number of hydrogen-bond acceptors (Lipinski definition) is 4. The van der Waals surface area contributed by atoms with Crippen molar-refractivity contribution in [1.29, 1.82) is 0 Å². The number of primary sulfonamides is 1. The van der Waals surface area contributed by atoms with Crippen LogP contribution in [-0.2, 0) is 14.8 Å². The van der Waals surface area contributed by atoms with Gasteiger partial charge in [0.05, 0.1) is 5.75 Å². The minimum Gasteiger partial charge on any atom is -0.342 e. The van der Waals surface area contributed by atoms with Crippen LogP contribution in [0.15, 0.2) is 0 Å². The molecule has 0 aromatic rings. The van der Waals surface area contributed by atoms with Gasteiger partial charge in [-0.15, -0.1) is 0 Å². The number of nitrogens with two attached hydrogens (primary N) is 2. The summed E-state index contributed by atoms with van der Waals surface area (Å²) >= 11 is 0. The molecule has 6 nitrogen and oxygen atoms in total. The van der Waals surface area contributed by atoms with Crippen molar-refractivity contribution in [2.45, 2.75) is 12.8 Å². The van der Waals surface area contributed by atoms with Gasteiger partial charge in [0.1, 0.15) is 0 Å². The molecule has 1 atom stereocenters. The summed E-state index contributed by atoms with van der Waals surface area (Å²) in [6.07, 6.45) is 1.02. The summed E-state index contributed by atoms with van der Waals surface area (Å²) in [6.45, 7) is 1.62. The molecule has 1 aliphatic heterocycles. The van der Waals surface area contributed by atoms with E-state index in [-0.39, 0.29) is 24.0 Å². The molecule has 0 saturated carbocycles. The van der Waals surface area contributed by atoms with E-state index in [1.807, 2.05) is 0 Å². The number of nitrogens with zero attached hydrogens (tertiary/aromatic N) is 1. The molecule has 1 rings (SSSR count). The number of likely N-dealkylation sites (tertiary alicyclic amines) is 1. The lowest BCUT2D eigenvalue weighted by Crippen LogP contribution is -2.29. The fourth-order valence-corrected chi connectivity index (χ4v) is 2.67. The summed E-state index contributed by atoms with van der Waals surface area (Å²) < 4.78 is 21.7. The van der Waals surface area contributed by atoms with Gasteiger partial charge in [0.2, 0.25) is 15.9 Å². The minimum absolute atomic E-state index is 0.00269. The maximum absolute atomic E-state index is 11.4. The first kappa shape index (κ1) is 12.4. The number of hydrogen-bond donors (Lipinski definition) is 2. The molecule has 88 valence electrons. The van der Waals surface area contributed by atoms with Crippen molar-refractivity contribution < 1.29 is 13.2 Å². The lowest BCUT2D eigenvalue weighted by Gasteiger charge is -2.15. The van der Waals surface area contributed by atoms with Crippen LogP contribution in [0.2, 0.25) is 0 Å². The SMILES string of the molecule is NCCCN1CC(CS(N)(=O)=O)CC1=O. The zero-order valence-electron chi connectivity index (χ0n) is 8.55. The first-order valence-electron chi connectivity index (χ1n) is 4.90. The Morgan fingerprint density at radius 2 is 2.13 bits per heavy atom. The molecule has 0 radical (unpaired) electrons. The van der Waals surface area contributed by atoms with E-state index in [1.54, 1.807) is 4.90 Å². The molecular formula is C8H17N3O3S. The molecule has 0 aromatic carbocycles. The second kappa shape index (κ2) is 4.91. The van der Waals surface area contributed by atoms with Crippen LogP contribution in [-0.4, -0.2) is 44.6 Å². The number of carbonyl (C=O) groups excluding carboxylic acids is 1. The first-order valence-corrected chi connectivity index (χ1v) is 6.62. The van der Waals surface area contributed by atoms with Crippen LogP contribution in [0.3, 0.4) is 0 Å². The Kier molecular flexibility index (Phi) is 4.06. The molecule has 1 saturated heterocycles. The topological polar surface area (TPSA) is 106 Å². The van der Waals surface area contributed by atoms with Crippen LogP contribution in [0.25, 0.3) is 0 Å². The van der Waals surface area contributed by atoms with Crippen molar-refractivity contribution in [2.24, 2.45) is 16.8 Å². The lowest BCUT2D eigenvalue weighted by atomic mass is 10.1. The summed E-state index contributed by atoms with van der Waals surface area (Å²) in [5.41, 5.74) is 5.33. The number of amides is 1. The zero-order valence-corrected chi connectivity index (χ0v) is 9.37. The van der Waals surface area contributed by atoms with E-state index >= 15 is 0 Å². The Bertz CT molecular complexity index is 328. The summed E-state index contributed by atoms with van der Waals surface area (Å²) in [5.74, 6) is -0.278. The maximum atomic E-state index is 11.4. The van der Waals surface area contributed by atoms with Crippen LogP contribution >= 0.6 is 0 Å². The van der Waals surface area contributed by atoms with E-state index in [4.69, 9.17) is 10.9 Å². The summed E-state index contributed by atoms with van der Waals surface area (Å²) in [4.78, 5) is 13.1. The number of carbonyl (C=O) groups is 1. The third kappa shape index (κ3) is 4.15. The molecule has 1 aliphatic rings. The van der Waals surface area contributed by atoms with E-state index in [0.717, 1.165) is 6.42 Å². The standard InChI is InChI=1S/C8H17N3O3S/c9-2-1-3-11-5-7(4-8(11)12)6-15(10,13)14/h7H,1-6,9H2,(H2,10,13,14). The highest BCUT2D eigenvalue weighted by molar-refractivity contribution is 7.89. The Balaban J connectivity index is 2.45. The van der Waals surface area contributed by atoms with Gasteiger partial charge in [0.25, 0.3) is 0 Å². The van der Waals surface area contributed by atoms with E-state index in [9.17, 15) is 13.2 Å². The van der Waals surface area contributed by atoms with Crippen molar-refractivity contribution in [2.75, 3.05) is 25.4 Å². The first-order chi connectivity index (χ1) is 6.92. The molecule has 1 unspecified atom stereocenters. The molecule has 4 N–H and O–H groups in total. The van der Waals surface area contributed by atoms with Crippen molar-refractivity contribution in [3.8, 4) is 0 Å². The lowest BCUT2D eigenvalue weighted by molar-refractivity contribution is -0.127. The van der Waals surface area contributed by atoms with Gasteiger partial charge in [-0.25, -0.2) is 13.6 Å². The zero-order chi connectivity index (χ0) is 11.5. The highest BCUT2D eigenvalue weighted by Crippen LogP contribution is 2.18. The van der Waals surface area contributed by atoms with E-state index in [2.05, 4.69) is 0 Å². The summed E-state index contributed by atoms with van der Waals surface area (Å²) in [5, 5.41) is 4.93. The van der Waals surface area contributed by atoms with Crippen LogP contribution in [0.5, 0.6) is 0 Å². The maximum Gasteiger partial charge on any atom is 0.222 e. The minimum atomic E-state index is -3.48. The molecule has 1 heterocycles. The van der Waals surface area contributed by atoms with Crippen molar-refractivity contribution >= 4 is 15.9 Å². The summed E-state index contributed by atoms with van der Waals surface area (Å²) in [7, 11) is -3.48. The Hall–Kier alpha value is -0.660. The Labute approximate surface area is 89.6 Å². The molecule has 0 spiro atoms. The van der Waals surface area contributed by atoms with Crippen LogP contribution in [0.4, 0.5) is 0 Å². The number of rotatable bonds is 5. The van der Waals surface area contributed by atoms with Gasteiger partial charge in [0, 0.05) is 25.4 Å². The van der Waals surface area contributed by atoms with E-state index in [0.29, 0.717) is 19.6 Å². The van der Waals surface area contributed by atoms with Gasteiger partial charge in [-0.1, -0.05) is 0 Å². The second-order valence-corrected chi connectivity index (χ2v) is 5.54. The van der Waals surface area contributed by atoms with Gasteiger partial charge in [-0.2, -0.15) is 0 Å². The van der Waals surface area contributed by atoms with E-state index in [1.165, 1.54) is 0 Å². The van der Waals surface area contributed by atoms with Gasteiger partial charge >= 0.3 is 0 Å². The molecule has 0 bridgehead atoms. The quantitative estimate of drug-likeness (QED) is 0.603. The average Bonchev–Trinajstić information content (AvgIpc) is 2.39. The smallest absolute Gasteiger partial charge is 0.222 e. The number of sulfonamides is 1. The Morgan fingerprint density at radius 3 is 2.67 bits per heavy atom. The van der Waals surface area contributed by atoms with Crippen molar-refractivity contribution in [1.82, 2.24) is 4.90 Å². The molecule has 1 fully saturated rings.